The number of rotatable bonds is 3. The Labute approximate surface area is 98.0 Å². The highest BCUT2D eigenvalue weighted by Crippen LogP contribution is 2.42. The van der Waals surface area contributed by atoms with Crippen molar-refractivity contribution in [2.45, 2.75) is 20.8 Å². The Bertz CT molecular complexity index is 507. The predicted molar refractivity (Wildman–Crippen MR) is 60.8 cm³/mol. The van der Waals surface area contributed by atoms with Crippen LogP contribution in [-0.2, 0) is 0 Å². The van der Waals surface area contributed by atoms with Crippen molar-refractivity contribution in [1.29, 1.82) is 0 Å². The van der Waals surface area contributed by atoms with Gasteiger partial charge in [0.2, 0.25) is 0 Å². The largest absolute Gasteiger partial charge is 0.504 e. The van der Waals surface area contributed by atoms with Crippen molar-refractivity contribution in [2.75, 3.05) is 7.11 Å². The molecule has 0 bridgehead atoms. The second kappa shape index (κ2) is 4.40. The van der Waals surface area contributed by atoms with Gasteiger partial charge in [-0.3, -0.25) is 14.9 Å². The standard InChI is InChI=1S/C11H13NO5/c1-5-6(2)10(14)11(17-4)8(7(3)13)9(5)12(15)16/h14H,1-4H3. The number of ketones is 1. The number of nitro benzene ring substituents is 1. The third-order valence-electron chi connectivity index (χ3n) is 2.69. The Morgan fingerprint density at radius 3 is 2.24 bits per heavy atom. The quantitative estimate of drug-likeness (QED) is 0.495. The Morgan fingerprint density at radius 1 is 1.35 bits per heavy atom. The summed E-state index contributed by atoms with van der Waals surface area (Å²) < 4.78 is 4.89. The summed E-state index contributed by atoms with van der Waals surface area (Å²) in [5.41, 5.74) is 0.0831. The summed E-state index contributed by atoms with van der Waals surface area (Å²) in [5.74, 6) is -0.903. The molecule has 0 aliphatic heterocycles. The number of ether oxygens (including phenoxy) is 1. The van der Waals surface area contributed by atoms with Crippen LogP contribution in [0.2, 0.25) is 0 Å². The van der Waals surface area contributed by atoms with Crippen LogP contribution in [0.25, 0.3) is 0 Å². The van der Waals surface area contributed by atoms with E-state index in [0.717, 1.165) is 0 Å². The smallest absolute Gasteiger partial charge is 0.287 e. The van der Waals surface area contributed by atoms with E-state index in [2.05, 4.69) is 0 Å². The average molecular weight is 239 g/mol. The number of Topliss-reactive ketones (excluding diaryl/α,β-unsaturated/α-hetero) is 1. The van der Waals surface area contributed by atoms with Crippen LogP contribution in [0.1, 0.15) is 28.4 Å². The van der Waals surface area contributed by atoms with E-state index in [4.69, 9.17) is 4.74 Å². The fourth-order valence-electron chi connectivity index (χ4n) is 1.69. The Balaban J connectivity index is 3.86. The van der Waals surface area contributed by atoms with Gasteiger partial charge in [0.1, 0.15) is 5.56 Å². The Kier molecular flexibility index (Phi) is 3.36. The molecule has 1 aromatic carbocycles. The van der Waals surface area contributed by atoms with Gasteiger partial charge in [0.05, 0.1) is 12.0 Å². The minimum absolute atomic E-state index is 0.146. The SMILES string of the molecule is COc1c(O)c(C)c(C)c([N+](=O)[O-])c1C(C)=O. The Morgan fingerprint density at radius 2 is 1.88 bits per heavy atom. The van der Waals surface area contributed by atoms with Gasteiger partial charge in [-0.2, -0.15) is 0 Å². The first-order valence-electron chi connectivity index (χ1n) is 4.88. The molecule has 0 aromatic heterocycles. The number of aromatic hydroxyl groups is 1. The second-order valence-electron chi connectivity index (χ2n) is 3.67. The second-order valence-corrected chi connectivity index (χ2v) is 3.67. The van der Waals surface area contributed by atoms with Crippen LogP contribution in [-0.4, -0.2) is 22.9 Å². The topological polar surface area (TPSA) is 89.7 Å². The van der Waals surface area contributed by atoms with E-state index in [1.807, 2.05) is 0 Å². The number of carbonyl (C=O) groups is 1. The first kappa shape index (κ1) is 13.0. The molecule has 1 rings (SSSR count). The van der Waals surface area contributed by atoms with E-state index >= 15 is 0 Å². The zero-order chi connectivity index (χ0) is 13.3. The van der Waals surface area contributed by atoms with Gasteiger partial charge in [0, 0.05) is 11.1 Å². The summed E-state index contributed by atoms with van der Waals surface area (Å²) in [5, 5.41) is 20.8. The van der Waals surface area contributed by atoms with E-state index in [1.54, 1.807) is 0 Å². The summed E-state index contributed by atoms with van der Waals surface area (Å²) in [7, 11) is 1.25. The molecule has 0 radical (unpaired) electrons. The van der Waals surface area contributed by atoms with Crippen molar-refractivity contribution in [1.82, 2.24) is 0 Å². The molecule has 92 valence electrons. The monoisotopic (exact) mass is 239 g/mol. The number of hydrogen-bond donors (Lipinski definition) is 1. The molecule has 1 aromatic rings. The van der Waals surface area contributed by atoms with Gasteiger partial charge in [-0.25, -0.2) is 0 Å². The van der Waals surface area contributed by atoms with Gasteiger partial charge in [-0.15, -0.1) is 0 Å². The molecular weight excluding hydrogens is 226 g/mol. The first-order valence-corrected chi connectivity index (χ1v) is 4.88. The van der Waals surface area contributed by atoms with Gasteiger partial charge in [0.15, 0.2) is 17.3 Å². The van der Waals surface area contributed by atoms with Crippen LogP contribution in [0, 0.1) is 24.0 Å². The number of nitrogens with zero attached hydrogens (tertiary/aromatic N) is 1. The van der Waals surface area contributed by atoms with Crippen LogP contribution >= 0.6 is 0 Å². The van der Waals surface area contributed by atoms with E-state index in [-0.39, 0.29) is 28.3 Å². The van der Waals surface area contributed by atoms with Crippen molar-refractivity contribution in [3.05, 3.63) is 26.8 Å². The summed E-state index contributed by atoms with van der Waals surface area (Å²) in [6, 6.07) is 0. The molecule has 0 spiro atoms. The lowest BCUT2D eigenvalue weighted by Crippen LogP contribution is -2.07. The first-order chi connectivity index (χ1) is 7.82. The fraction of sp³-hybridized carbons (Fsp3) is 0.364. The van der Waals surface area contributed by atoms with Crippen molar-refractivity contribution in [2.24, 2.45) is 0 Å². The van der Waals surface area contributed by atoms with E-state index in [0.29, 0.717) is 5.56 Å². The summed E-state index contributed by atoms with van der Waals surface area (Å²) in [6.45, 7) is 4.21. The molecule has 0 amide bonds. The maximum absolute atomic E-state index is 11.5. The molecular formula is C11H13NO5. The van der Waals surface area contributed by atoms with Gasteiger partial charge in [-0.1, -0.05) is 0 Å². The lowest BCUT2D eigenvalue weighted by atomic mass is 9.98. The Hall–Kier alpha value is -2.11. The zero-order valence-electron chi connectivity index (χ0n) is 10.0. The minimum Gasteiger partial charge on any atom is -0.504 e. The van der Waals surface area contributed by atoms with Gasteiger partial charge in [0.25, 0.3) is 5.69 Å². The van der Waals surface area contributed by atoms with E-state index < -0.39 is 10.7 Å². The lowest BCUT2D eigenvalue weighted by Gasteiger charge is -2.13. The van der Waals surface area contributed by atoms with E-state index in [1.165, 1.54) is 27.9 Å². The normalized spacial score (nSPS) is 10.1. The molecule has 0 aliphatic carbocycles. The van der Waals surface area contributed by atoms with E-state index in [9.17, 15) is 20.0 Å². The number of benzene rings is 1. The molecule has 6 heteroatoms. The number of methoxy groups -OCH3 is 1. The summed E-state index contributed by atoms with van der Waals surface area (Å²) >= 11 is 0. The summed E-state index contributed by atoms with van der Waals surface area (Å²) in [4.78, 5) is 21.8. The third kappa shape index (κ3) is 1.93. The molecule has 0 aliphatic rings. The van der Waals surface area contributed by atoms with Crippen LogP contribution in [0.5, 0.6) is 11.5 Å². The van der Waals surface area contributed by atoms with Crippen molar-refractivity contribution >= 4 is 11.5 Å². The molecule has 0 unspecified atom stereocenters. The number of carbonyl (C=O) groups excluding carboxylic acids is 1. The number of phenols is 1. The molecule has 1 N–H and O–H groups in total. The average Bonchev–Trinajstić information content (AvgIpc) is 2.24. The molecule has 0 fully saturated rings. The lowest BCUT2D eigenvalue weighted by molar-refractivity contribution is -0.385. The highest BCUT2D eigenvalue weighted by Gasteiger charge is 2.30. The molecule has 6 nitrogen and oxygen atoms in total. The number of nitro groups is 1. The zero-order valence-corrected chi connectivity index (χ0v) is 10.0. The molecule has 0 saturated heterocycles. The molecule has 0 heterocycles. The maximum atomic E-state index is 11.5. The molecule has 0 saturated carbocycles. The number of phenolic OH excluding ortho intramolecular Hbond substituents is 1. The van der Waals surface area contributed by atoms with Crippen LogP contribution in [0.15, 0.2) is 0 Å². The van der Waals surface area contributed by atoms with Gasteiger partial charge < -0.3 is 9.84 Å². The summed E-state index contributed by atoms with van der Waals surface area (Å²) in [6.07, 6.45) is 0. The fourth-order valence-corrected chi connectivity index (χ4v) is 1.69. The predicted octanol–water partition coefficient (Wildman–Crippen LogP) is 2.13. The van der Waals surface area contributed by atoms with Crippen molar-refractivity contribution < 1.29 is 19.6 Å². The highest BCUT2D eigenvalue weighted by molar-refractivity contribution is 6.02. The maximum Gasteiger partial charge on any atom is 0.287 e. The minimum atomic E-state index is -0.638. The van der Waals surface area contributed by atoms with Crippen LogP contribution in [0.4, 0.5) is 5.69 Å². The number of hydrogen-bond acceptors (Lipinski definition) is 5. The van der Waals surface area contributed by atoms with Crippen LogP contribution in [0.3, 0.4) is 0 Å². The van der Waals surface area contributed by atoms with Crippen molar-refractivity contribution in [3.63, 3.8) is 0 Å². The van der Waals surface area contributed by atoms with Crippen molar-refractivity contribution in [3.8, 4) is 11.5 Å². The van der Waals surface area contributed by atoms with Gasteiger partial charge >= 0.3 is 0 Å². The highest BCUT2D eigenvalue weighted by atomic mass is 16.6. The third-order valence-corrected chi connectivity index (χ3v) is 2.69. The van der Waals surface area contributed by atoms with Crippen LogP contribution < -0.4 is 4.74 Å². The molecule has 0 atom stereocenters. The van der Waals surface area contributed by atoms with Gasteiger partial charge in [-0.05, 0) is 20.8 Å². The molecule has 17 heavy (non-hydrogen) atoms.